The van der Waals surface area contributed by atoms with Crippen LogP contribution in [-0.2, 0) is 22.5 Å². The predicted molar refractivity (Wildman–Crippen MR) is 71.3 cm³/mol. The molecular formula is C11H14BN2O3S. The van der Waals surface area contributed by atoms with Crippen LogP contribution in [0.2, 0.25) is 0 Å². The predicted octanol–water partition coefficient (Wildman–Crippen LogP) is 0.674. The van der Waals surface area contributed by atoms with Crippen molar-refractivity contribution in [3.8, 4) is 0 Å². The Morgan fingerprint density at radius 1 is 1.67 bits per heavy atom. The number of carbonyl (C=O) groups is 2. The fourth-order valence-electron chi connectivity index (χ4n) is 2.07. The van der Waals surface area contributed by atoms with Crippen LogP contribution >= 0.6 is 11.3 Å². The first-order chi connectivity index (χ1) is 8.67. The Hall–Kier alpha value is -1.34. The van der Waals surface area contributed by atoms with E-state index in [1.807, 2.05) is 4.81 Å². The molecule has 7 heteroatoms. The van der Waals surface area contributed by atoms with Crippen LogP contribution in [0, 0.1) is 0 Å². The first-order valence-electron chi connectivity index (χ1n) is 5.77. The van der Waals surface area contributed by atoms with Crippen LogP contribution in [0.15, 0.2) is 0 Å². The summed E-state index contributed by atoms with van der Waals surface area (Å²) >= 11 is 1.44. The first kappa shape index (κ1) is 13.1. The minimum Gasteiger partial charge on any atom is -0.462 e. The number of carbonyl (C=O) groups excluding carboxylic acids is 2. The van der Waals surface area contributed by atoms with Gasteiger partial charge in [-0.3, -0.25) is 0 Å². The van der Waals surface area contributed by atoms with Crippen LogP contribution in [0.4, 0.5) is 5.00 Å². The Bertz CT molecular complexity index is 475. The minimum atomic E-state index is -0.375. The van der Waals surface area contributed by atoms with Crippen molar-refractivity contribution in [1.29, 1.82) is 0 Å². The minimum absolute atomic E-state index is 0.326. The second-order valence-electron chi connectivity index (χ2n) is 3.97. The summed E-state index contributed by atoms with van der Waals surface area (Å²) in [6.45, 7) is 3.40. The highest BCUT2D eigenvalue weighted by molar-refractivity contribution is 7.16. The van der Waals surface area contributed by atoms with Crippen molar-refractivity contribution in [2.75, 3.05) is 18.9 Å². The molecule has 5 nitrogen and oxygen atoms in total. The van der Waals surface area contributed by atoms with Crippen molar-refractivity contribution in [3.63, 3.8) is 0 Å². The highest BCUT2D eigenvalue weighted by Crippen LogP contribution is 2.35. The molecule has 2 rings (SSSR count). The molecule has 0 saturated carbocycles. The molecule has 0 unspecified atom stereocenters. The maximum atomic E-state index is 11.9. The van der Waals surface area contributed by atoms with Crippen LogP contribution < -0.4 is 5.73 Å². The van der Waals surface area contributed by atoms with E-state index in [0.29, 0.717) is 23.7 Å². The average molecular weight is 265 g/mol. The summed E-state index contributed by atoms with van der Waals surface area (Å²) < 4.78 is 5.02. The molecule has 0 saturated heterocycles. The van der Waals surface area contributed by atoms with Crippen molar-refractivity contribution in [1.82, 2.24) is 4.81 Å². The number of anilines is 1. The van der Waals surface area contributed by atoms with Crippen LogP contribution in [0.5, 0.6) is 0 Å². The molecule has 0 atom stereocenters. The lowest BCUT2D eigenvalue weighted by Crippen LogP contribution is -2.34. The van der Waals surface area contributed by atoms with Crippen molar-refractivity contribution >= 4 is 35.9 Å². The molecule has 0 aliphatic carbocycles. The molecule has 1 aliphatic rings. The molecule has 1 aliphatic heterocycles. The number of nitrogens with zero attached hydrogens (tertiary/aromatic N) is 1. The number of ether oxygens (including phenoxy) is 1. The number of hydrogen-bond acceptors (Lipinski definition) is 6. The molecular weight excluding hydrogens is 251 g/mol. The van der Waals surface area contributed by atoms with Crippen molar-refractivity contribution in [2.24, 2.45) is 0 Å². The summed E-state index contributed by atoms with van der Waals surface area (Å²) in [7, 11) is 1.49. The van der Waals surface area contributed by atoms with Gasteiger partial charge in [-0.25, -0.2) is 4.79 Å². The SMILES string of the molecule is CCOC(=O)c1c(N)sc2c1CN([B]C=O)CC2. The molecule has 1 aromatic heterocycles. The molecule has 0 spiro atoms. The van der Waals surface area contributed by atoms with Crippen LogP contribution in [-0.4, -0.2) is 37.5 Å². The van der Waals surface area contributed by atoms with Gasteiger partial charge in [-0.15, -0.1) is 11.3 Å². The van der Waals surface area contributed by atoms with Gasteiger partial charge in [0.2, 0.25) is 0 Å². The summed E-state index contributed by atoms with van der Waals surface area (Å²) in [6, 6.07) is 0. The third-order valence-corrected chi connectivity index (χ3v) is 3.98. The molecule has 0 fully saturated rings. The monoisotopic (exact) mass is 265 g/mol. The Morgan fingerprint density at radius 3 is 3.11 bits per heavy atom. The smallest absolute Gasteiger partial charge is 0.341 e. The molecule has 1 aromatic rings. The summed E-state index contributed by atoms with van der Waals surface area (Å²) in [4.78, 5) is 25.4. The zero-order valence-electron chi connectivity index (χ0n) is 10.1. The zero-order chi connectivity index (χ0) is 13.1. The van der Waals surface area contributed by atoms with Gasteiger partial charge in [0.25, 0.3) is 7.41 Å². The number of nitrogen functional groups attached to an aromatic ring is 1. The van der Waals surface area contributed by atoms with Gasteiger partial charge in [-0.2, -0.15) is 0 Å². The van der Waals surface area contributed by atoms with Gasteiger partial charge in [0.15, 0.2) is 0 Å². The van der Waals surface area contributed by atoms with Crippen LogP contribution in [0.3, 0.4) is 0 Å². The first-order valence-corrected chi connectivity index (χ1v) is 6.58. The van der Waals surface area contributed by atoms with Gasteiger partial charge < -0.3 is 20.1 Å². The Labute approximate surface area is 110 Å². The molecule has 18 heavy (non-hydrogen) atoms. The number of nitrogens with two attached hydrogens (primary N) is 1. The maximum absolute atomic E-state index is 11.9. The summed E-state index contributed by atoms with van der Waals surface area (Å²) in [5, 5.41) is 0.506. The van der Waals surface area contributed by atoms with Crippen LogP contribution in [0.25, 0.3) is 0 Å². The Balaban J connectivity index is 2.29. The number of thiophene rings is 1. The largest absolute Gasteiger partial charge is 0.462 e. The standard InChI is InChI=1S/C11H14BN2O3S/c1-2-17-11(16)9-7-5-14(12-6-15)4-3-8(7)18-10(9)13/h6H,2-5,13H2,1H3. The van der Waals surface area contributed by atoms with E-state index in [4.69, 9.17) is 10.5 Å². The fraction of sp³-hybridized carbons (Fsp3) is 0.455. The van der Waals surface area contributed by atoms with E-state index >= 15 is 0 Å². The normalized spacial score (nSPS) is 14.9. The number of rotatable bonds is 4. The fourth-order valence-corrected chi connectivity index (χ4v) is 3.13. The average Bonchev–Trinajstić information content (AvgIpc) is 2.65. The second-order valence-corrected chi connectivity index (χ2v) is 5.11. The molecule has 0 aromatic carbocycles. The Kier molecular flexibility index (Phi) is 4.03. The van der Waals surface area contributed by atoms with E-state index in [2.05, 4.69) is 0 Å². The van der Waals surface area contributed by atoms with Gasteiger partial charge in [0.1, 0.15) is 5.00 Å². The number of hydrogen-bond donors (Lipinski definition) is 1. The maximum Gasteiger partial charge on any atom is 0.341 e. The molecule has 0 bridgehead atoms. The van der Waals surface area contributed by atoms with E-state index in [9.17, 15) is 9.59 Å². The highest BCUT2D eigenvalue weighted by Gasteiger charge is 2.27. The van der Waals surface area contributed by atoms with Gasteiger partial charge in [0, 0.05) is 11.4 Å². The van der Waals surface area contributed by atoms with Gasteiger partial charge in [0.05, 0.1) is 18.4 Å². The molecule has 2 N–H and O–H groups in total. The van der Waals surface area contributed by atoms with Crippen molar-refractivity contribution in [2.45, 2.75) is 19.9 Å². The van der Waals surface area contributed by atoms with Gasteiger partial charge in [-0.1, -0.05) is 0 Å². The van der Waals surface area contributed by atoms with E-state index in [1.54, 1.807) is 6.92 Å². The van der Waals surface area contributed by atoms with E-state index < -0.39 is 0 Å². The topological polar surface area (TPSA) is 72.6 Å². The lowest BCUT2D eigenvalue weighted by molar-refractivity contribution is 0.0526. The van der Waals surface area contributed by atoms with E-state index in [0.717, 1.165) is 29.6 Å². The highest BCUT2D eigenvalue weighted by atomic mass is 32.1. The quantitative estimate of drug-likeness (QED) is 0.492. The van der Waals surface area contributed by atoms with E-state index in [1.165, 1.54) is 18.8 Å². The van der Waals surface area contributed by atoms with Crippen molar-refractivity contribution < 1.29 is 14.3 Å². The summed E-state index contributed by atoms with van der Waals surface area (Å²) in [5.74, 6) is -0.375. The number of esters is 1. The van der Waals surface area contributed by atoms with Gasteiger partial charge in [-0.05, 0) is 25.5 Å². The van der Waals surface area contributed by atoms with E-state index in [-0.39, 0.29) is 5.97 Å². The molecule has 95 valence electrons. The third kappa shape index (κ3) is 2.42. The molecule has 2 heterocycles. The van der Waals surface area contributed by atoms with Gasteiger partial charge >= 0.3 is 5.97 Å². The summed E-state index contributed by atoms with van der Waals surface area (Å²) in [6.07, 6.45) is 1.55. The lowest BCUT2D eigenvalue weighted by atomic mass is 9.90. The van der Waals surface area contributed by atoms with Crippen LogP contribution in [0.1, 0.15) is 27.7 Å². The summed E-state index contributed by atoms with van der Waals surface area (Å²) in [5.41, 5.74) is 7.27. The molecule has 1 radical (unpaired) electrons. The lowest BCUT2D eigenvalue weighted by Gasteiger charge is -2.25. The Morgan fingerprint density at radius 2 is 2.44 bits per heavy atom. The third-order valence-electron chi connectivity index (χ3n) is 2.86. The zero-order valence-corrected chi connectivity index (χ0v) is 11.0. The van der Waals surface area contributed by atoms with Crippen molar-refractivity contribution in [3.05, 3.63) is 16.0 Å². The second kappa shape index (κ2) is 5.54. The number of fused-ring (bicyclic) bond motifs is 1. The molecule has 0 amide bonds.